The number of para-hydroxylation sites is 1. The lowest BCUT2D eigenvalue weighted by Gasteiger charge is -2.16. The second-order valence-electron chi connectivity index (χ2n) is 7.01. The molecule has 0 aliphatic heterocycles. The molecular formula is C22H27N5O. The van der Waals surface area contributed by atoms with E-state index < -0.39 is 0 Å². The van der Waals surface area contributed by atoms with E-state index in [0.717, 1.165) is 17.9 Å². The van der Waals surface area contributed by atoms with Gasteiger partial charge >= 0.3 is 0 Å². The number of rotatable bonds is 8. The summed E-state index contributed by atoms with van der Waals surface area (Å²) in [4.78, 5) is 4.55. The Morgan fingerprint density at radius 1 is 1.11 bits per heavy atom. The van der Waals surface area contributed by atoms with Crippen molar-refractivity contribution in [2.24, 2.45) is 0 Å². The molecule has 0 aliphatic carbocycles. The van der Waals surface area contributed by atoms with Crippen LogP contribution in [0.25, 0.3) is 0 Å². The molecule has 2 aromatic carbocycles. The standard InChI is InChI=1S/C22H27N5O/c1-15(2)19-10-5-7-16(3)21(19)25-20-14-24-27-22(26-20)23-12-11-17-8-6-9-18(13-17)28-4/h5-10,13-15H,11-12H2,1-4H3,(H2,23,25,26,27). The van der Waals surface area contributed by atoms with E-state index in [1.54, 1.807) is 13.3 Å². The molecule has 0 radical (unpaired) electrons. The van der Waals surface area contributed by atoms with E-state index in [9.17, 15) is 0 Å². The molecule has 28 heavy (non-hydrogen) atoms. The van der Waals surface area contributed by atoms with Crippen molar-refractivity contribution >= 4 is 17.5 Å². The highest BCUT2D eigenvalue weighted by Gasteiger charge is 2.10. The van der Waals surface area contributed by atoms with Crippen LogP contribution in [0.1, 0.15) is 36.5 Å². The highest BCUT2D eigenvalue weighted by Crippen LogP contribution is 2.29. The maximum absolute atomic E-state index is 5.26. The Balaban J connectivity index is 1.66. The summed E-state index contributed by atoms with van der Waals surface area (Å²) in [5.41, 5.74) is 4.71. The van der Waals surface area contributed by atoms with Crippen LogP contribution in [0.15, 0.2) is 48.7 Å². The number of hydrogen-bond acceptors (Lipinski definition) is 6. The largest absolute Gasteiger partial charge is 0.497 e. The summed E-state index contributed by atoms with van der Waals surface area (Å²) in [7, 11) is 1.68. The SMILES string of the molecule is COc1cccc(CCNc2nncc(Nc3c(C)cccc3C(C)C)n2)c1. The molecule has 3 aromatic rings. The van der Waals surface area contributed by atoms with Gasteiger partial charge in [0.05, 0.1) is 13.3 Å². The van der Waals surface area contributed by atoms with Crippen LogP contribution in [0.4, 0.5) is 17.5 Å². The minimum absolute atomic E-state index is 0.414. The van der Waals surface area contributed by atoms with Crippen LogP contribution in [0.5, 0.6) is 5.75 Å². The van der Waals surface area contributed by atoms with Gasteiger partial charge in [-0.1, -0.05) is 44.2 Å². The Morgan fingerprint density at radius 3 is 2.71 bits per heavy atom. The first kappa shape index (κ1) is 19.6. The van der Waals surface area contributed by atoms with E-state index in [1.165, 1.54) is 16.7 Å². The molecule has 146 valence electrons. The first-order valence-electron chi connectivity index (χ1n) is 9.50. The molecule has 0 bridgehead atoms. The lowest BCUT2D eigenvalue weighted by atomic mass is 9.98. The van der Waals surface area contributed by atoms with E-state index >= 15 is 0 Å². The van der Waals surface area contributed by atoms with Crippen LogP contribution >= 0.6 is 0 Å². The zero-order chi connectivity index (χ0) is 19.9. The molecule has 6 nitrogen and oxygen atoms in total. The summed E-state index contributed by atoms with van der Waals surface area (Å²) < 4.78 is 5.26. The molecule has 0 spiro atoms. The second-order valence-corrected chi connectivity index (χ2v) is 7.01. The molecule has 0 aliphatic rings. The Hall–Kier alpha value is -3.15. The molecule has 1 aromatic heterocycles. The molecular weight excluding hydrogens is 350 g/mol. The van der Waals surface area contributed by atoms with Crippen molar-refractivity contribution in [3.05, 3.63) is 65.4 Å². The minimum atomic E-state index is 0.414. The van der Waals surface area contributed by atoms with Crippen molar-refractivity contribution in [2.75, 3.05) is 24.3 Å². The van der Waals surface area contributed by atoms with E-state index in [2.05, 4.69) is 70.9 Å². The maximum atomic E-state index is 5.26. The number of aryl methyl sites for hydroxylation is 1. The highest BCUT2D eigenvalue weighted by atomic mass is 16.5. The smallest absolute Gasteiger partial charge is 0.244 e. The van der Waals surface area contributed by atoms with Gasteiger partial charge < -0.3 is 15.4 Å². The molecule has 0 fully saturated rings. The average Bonchev–Trinajstić information content (AvgIpc) is 2.70. The number of ether oxygens (including phenoxy) is 1. The highest BCUT2D eigenvalue weighted by molar-refractivity contribution is 5.65. The van der Waals surface area contributed by atoms with Crippen LogP contribution < -0.4 is 15.4 Å². The number of benzene rings is 2. The maximum Gasteiger partial charge on any atom is 0.244 e. The van der Waals surface area contributed by atoms with Gasteiger partial charge in [0.25, 0.3) is 0 Å². The van der Waals surface area contributed by atoms with Crippen LogP contribution in [0.2, 0.25) is 0 Å². The topological polar surface area (TPSA) is 72.0 Å². The Morgan fingerprint density at radius 2 is 1.93 bits per heavy atom. The van der Waals surface area contributed by atoms with Gasteiger partial charge in [-0.2, -0.15) is 10.1 Å². The molecule has 6 heteroatoms. The molecule has 0 saturated heterocycles. The van der Waals surface area contributed by atoms with Crippen molar-refractivity contribution in [3.63, 3.8) is 0 Å². The van der Waals surface area contributed by atoms with Crippen molar-refractivity contribution in [3.8, 4) is 5.75 Å². The van der Waals surface area contributed by atoms with Gasteiger partial charge in [0, 0.05) is 12.2 Å². The summed E-state index contributed by atoms with van der Waals surface area (Å²) in [5.74, 6) is 2.46. The van der Waals surface area contributed by atoms with Gasteiger partial charge in [-0.25, -0.2) is 0 Å². The fourth-order valence-electron chi connectivity index (χ4n) is 3.06. The predicted molar refractivity (Wildman–Crippen MR) is 114 cm³/mol. The predicted octanol–water partition coefficient (Wildman–Crippen LogP) is 4.71. The Kier molecular flexibility index (Phi) is 6.42. The van der Waals surface area contributed by atoms with Crippen LogP contribution in [-0.2, 0) is 6.42 Å². The van der Waals surface area contributed by atoms with Gasteiger partial charge in [-0.05, 0) is 48.1 Å². The van der Waals surface area contributed by atoms with E-state index in [0.29, 0.717) is 24.2 Å². The summed E-state index contributed by atoms with van der Waals surface area (Å²) in [5, 5.41) is 14.8. The molecule has 0 atom stereocenters. The number of aromatic nitrogens is 3. The molecule has 1 heterocycles. The van der Waals surface area contributed by atoms with Gasteiger partial charge in [-0.3, -0.25) is 0 Å². The second kappa shape index (κ2) is 9.17. The van der Waals surface area contributed by atoms with Gasteiger partial charge in [0.1, 0.15) is 5.75 Å². The van der Waals surface area contributed by atoms with Gasteiger partial charge in [0.15, 0.2) is 5.82 Å². The number of nitrogens with zero attached hydrogens (tertiary/aromatic N) is 3. The lowest BCUT2D eigenvalue weighted by molar-refractivity contribution is 0.414. The number of nitrogens with one attached hydrogen (secondary N) is 2. The third-order valence-electron chi connectivity index (χ3n) is 4.57. The summed E-state index contributed by atoms with van der Waals surface area (Å²) in [6, 6.07) is 14.4. The zero-order valence-electron chi connectivity index (χ0n) is 16.9. The molecule has 0 amide bonds. The summed E-state index contributed by atoms with van der Waals surface area (Å²) in [6.45, 7) is 7.17. The number of methoxy groups -OCH3 is 1. The van der Waals surface area contributed by atoms with Crippen LogP contribution in [-0.4, -0.2) is 28.8 Å². The van der Waals surface area contributed by atoms with E-state index in [-0.39, 0.29) is 0 Å². The first-order valence-corrected chi connectivity index (χ1v) is 9.50. The van der Waals surface area contributed by atoms with Crippen molar-refractivity contribution in [1.82, 2.24) is 15.2 Å². The third kappa shape index (κ3) is 4.97. The average molecular weight is 377 g/mol. The molecule has 2 N–H and O–H groups in total. The van der Waals surface area contributed by atoms with Gasteiger partial charge in [-0.15, -0.1) is 5.10 Å². The summed E-state index contributed by atoms with van der Waals surface area (Å²) >= 11 is 0. The number of anilines is 3. The minimum Gasteiger partial charge on any atom is -0.497 e. The fraction of sp³-hybridized carbons (Fsp3) is 0.318. The lowest BCUT2D eigenvalue weighted by Crippen LogP contribution is -2.10. The van der Waals surface area contributed by atoms with Crippen molar-refractivity contribution < 1.29 is 4.74 Å². The van der Waals surface area contributed by atoms with E-state index in [4.69, 9.17) is 4.74 Å². The fourth-order valence-corrected chi connectivity index (χ4v) is 3.06. The molecule has 3 rings (SSSR count). The van der Waals surface area contributed by atoms with Crippen LogP contribution in [0.3, 0.4) is 0 Å². The van der Waals surface area contributed by atoms with E-state index in [1.807, 2.05) is 18.2 Å². The zero-order valence-corrected chi connectivity index (χ0v) is 16.9. The Bertz CT molecular complexity index is 926. The van der Waals surface area contributed by atoms with Gasteiger partial charge in [0.2, 0.25) is 5.95 Å². The quantitative estimate of drug-likeness (QED) is 0.592. The number of hydrogen-bond donors (Lipinski definition) is 2. The molecule has 0 saturated carbocycles. The van der Waals surface area contributed by atoms with Crippen molar-refractivity contribution in [2.45, 2.75) is 33.1 Å². The Labute approximate surface area is 166 Å². The normalized spacial score (nSPS) is 10.8. The first-order chi connectivity index (χ1) is 13.6. The summed E-state index contributed by atoms with van der Waals surface area (Å²) in [6.07, 6.45) is 2.48. The third-order valence-corrected chi connectivity index (χ3v) is 4.57. The van der Waals surface area contributed by atoms with Crippen LogP contribution in [0, 0.1) is 6.92 Å². The monoisotopic (exact) mass is 377 g/mol. The molecule has 0 unspecified atom stereocenters. The van der Waals surface area contributed by atoms with Crippen molar-refractivity contribution in [1.29, 1.82) is 0 Å².